The molecule has 0 spiro atoms. The molecule has 1 unspecified atom stereocenters. The highest BCUT2D eigenvalue weighted by atomic mass is 16.5. The Bertz CT molecular complexity index is 1390. The lowest BCUT2D eigenvalue weighted by Crippen LogP contribution is -2.30. The fourth-order valence-electron chi connectivity index (χ4n) is 4.15. The SMILES string of the molecule is Cc1[nH]ncc1Nc1nccc(-c2cc3c(cn2)C(NC(=O)c2noc(C(C)(C)C)n2)CCCC3)n1. The van der Waals surface area contributed by atoms with Crippen LogP contribution >= 0.6 is 0 Å². The Balaban J connectivity index is 1.37. The summed E-state index contributed by atoms with van der Waals surface area (Å²) in [6.07, 6.45) is 8.96. The van der Waals surface area contributed by atoms with Crippen molar-refractivity contribution in [3.8, 4) is 11.4 Å². The van der Waals surface area contributed by atoms with Crippen LogP contribution in [0.2, 0.25) is 0 Å². The van der Waals surface area contributed by atoms with Crippen molar-refractivity contribution in [1.29, 1.82) is 0 Å². The van der Waals surface area contributed by atoms with Gasteiger partial charge in [0.1, 0.15) is 0 Å². The molecule has 186 valence electrons. The van der Waals surface area contributed by atoms with Crippen LogP contribution in [0, 0.1) is 6.92 Å². The van der Waals surface area contributed by atoms with E-state index in [1.54, 1.807) is 12.4 Å². The third kappa shape index (κ3) is 4.95. The largest absolute Gasteiger partial charge is 0.342 e. The number of nitrogens with zero attached hydrogens (tertiary/aromatic N) is 6. The highest BCUT2D eigenvalue weighted by Crippen LogP contribution is 2.31. The van der Waals surface area contributed by atoms with Gasteiger partial charge in [0, 0.05) is 17.8 Å². The smallest absolute Gasteiger partial charge is 0.293 e. The molecule has 36 heavy (non-hydrogen) atoms. The minimum absolute atomic E-state index is 0.0455. The molecular formula is C25H29N9O2. The Kier molecular flexibility index (Phi) is 6.21. The Hall–Kier alpha value is -4.15. The van der Waals surface area contributed by atoms with Crippen LogP contribution in [0.1, 0.15) is 79.4 Å². The number of aryl methyl sites for hydroxylation is 2. The number of aromatic nitrogens is 7. The standard InChI is InChI=1S/C25H29N9O2/c1-14-20(13-28-33-14)31-24-26-10-9-18(30-24)19-11-15-7-5-6-8-17(16(15)12-27-19)29-22(35)21-32-23(36-34-21)25(2,3)4/h9-13,17H,5-8H2,1-4H3,(H,28,33)(H,29,35)(H,26,30,31). The number of carbonyl (C=O) groups excluding carboxylic acids is 1. The minimum Gasteiger partial charge on any atom is -0.342 e. The van der Waals surface area contributed by atoms with Crippen LogP contribution in [0.25, 0.3) is 11.4 Å². The first-order valence-electron chi connectivity index (χ1n) is 12.0. The van der Waals surface area contributed by atoms with Crippen molar-refractivity contribution in [2.75, 3.05) is 5.32 Å². The Morgan fingerprint density at radius 3 is 2.75 bits per heavy atom. The molecule has 11 heteroatoms. The van der Waals surface area contributed by atoms with Crippen molar-refractivity contribution >= 4 is 17.5 Å². The number of nitrogens with one attached hydrogen (secondary N) is 3. The van der Waals surface area contributed by atoms with Gasteiger partial charge in [-0.15, -0.1) is 0 Å². The molecule has 0 aliphatic heterocycles. The van der Waals surface area contributed by atoms with Crippen LogP contribution < -0.4 is 10.6 Å². The van der Waals surface area contributed by atoms with Gasteiger partial charge in [-0.1, -0.05) is 32.3 Å². The quantitative estimate of drug-likeness (QED) is 0.352. The first-order chi connectivity index (χ1) is 17.3. The summed E-state index contributed by atoms with van der Waals surface area (Å²) in [5.74, 6) is 0.594. The van der Waals surface area contributed by atoms with E-state index < -0.39 is 0 Å². The van der Waals surface area contributed by atoms with Crippen molar-refractivity contribution in [2.45, 2.75) is 64.8 Å². The molecule has 0 saturated heterocycles. The summed E-state index contributed by atoms with van der Waals surface area (Å²) < 4.78 is 5.29. The molecule has 0 aromatic carbocycles. The van der Waals surface area contributed by atoms with Crippen LogP contribution in [0.15, 0.2) is 35.2 Å². The third-order valence-electron chi connectivity index (χ3n) is 6.16. The number of H-pyrrole nitrogens is 1. The molecule has 3 N–H and O–H groups in total. The number of aromatic amines is 1. The topological polar surface area (TPSA) is 147 Å². The Labute approximate surface area is 208 Å². The zero-order valence-corrected chi connectivity index (χ0v) is 20.8. The number of pyridine rings is 1. The van der Waals surface area contributed by atoms with Crippen molar-refractivity contribution in [2.24, 2.45) is 0 Å². The zero-order chi connectivity index (χ0) is 25.3. The molecule has 4 aromatic heterocycles. The van der Waals surface area contributed by atoms with E-state index in [2.05, 4.69) is 52.0 Å². The van der Waals surface area contributed by atoms with Crippen LogP contribution in [-0.4, -0.2) is 41.2 Å². The van der Waals surface area contributed by atoms with Gasteiger partial charge in [0.2, 0.25) is 11.8 Å². The van der Waals surface area contributed by atoms with Gasteiger partial charge in [-0.25, -0.2) is 9.97 Å². The van der Waals surface area contributed by atoms with Gasteiger partial charge in [-0.2, -0.15) is 10.1 Å². The summed E-state index contributed by atoms with van der Waals surface area (Å²) >= 11 is 0. The summed E-state index contributed by atoms with van der Waals surface area (Å²) in [5.41, 5.74) is 5.00. The van der Waals surface area contributed by atoms with E-state index in [4.69, 9.17) is 4.52 Å². The number of carbonyl (C=O) groups is 1. The Morgan fingerprint density at radius 2 is 2.00 bits per heavy atom. The molecule has 5 rings (SSSR count). The maximum absolute atomic E-state index is 12.9. The number of rotatable bonds is 5. The van der Waals surface area contributed by atoms with Gasteiger partial charge in [0.15, 0.2) is 0 Å². The van der Waals surface area contributed by atoms with Crippen LogP contribution in [0.4, 0.5) is 11.6 Å². The zero-order valence-electron chi connectivity index (χ0n) is 20.8. The van der Waals surface area contributed by atoms with Gasteiger partial charge in [-0.3, -0.25) is 14.9 Å². The highest BCUT2D eigenvalue weighted by Gasteiger charge is 2.27. The highest BCUT2D eigenvalue weighted by molar-refractivity contribution is 5.90. The second-order valence-corrected chi connectivity index (χ2v) is 10.0. The number of fused-ring (bicyclic) bond motifs is 1. The second-order valence-electron chi connectivity index (χ2n) is 10.0. The van der Waals surface area contributed by atoms with Gasteiger partial charge >= 0.3 is 0 Å². The van der Waals surface area contributed by atoms with Crippen molar-refractivity contribution in [3.05, 3.63) is 59.3 Å². The average molecular weight is 488 g/mol. The number of hydrogen-bond donors (Lipinski definition) is 3. The predicted molar refractivity (Wildman–Crippen MR) is 133 cm³/mol. The summed E-state index contributed by atoms with van der Waals surface area (Å²) in [6.45, 7) is 7.80. The van der Waals surface area contributed by atoms with E-state index in [0.29, 0.717) is 17.5 Å². The van der Waals surface area contributed by atoms with Gasteiger partial charge in [0.05, 0.1) is 35.0 Å². The fourth-order valence-corrected chi connectivity index (χ4v) is 4.15. The van der Waals surface area contributed by atoms with Crippen molar-refractivity contribution in [3.63, 3.8) is 0 Å². The summed E-state index contributed by atoms with van der Waals surface area (Å²) in [6, 6.07) is 3.71. The summed E-state index contributed by atoms with van der Waals surface area (Å²) in [5, 5.41) is 17.1. The molecule has 0 bridgehead atoms. The van der Waals surface area contributed by atoms with Crippen LogP contribution in [-0.2, 0) is 11.8 Å². The molecule has 4 heterocycles. The normalized spacial score (nSPS) is 15.7. The first-order valence-corrected chi connectivity index (χ1v) is 12.0. The lowest BCUT2D eigenvalue weighted by Gasteiger charge is -2.19. The van der Waals surface area contributed by atoms with Crippen LogP contribution in [0.5, 0.6) is 0 Å². The molecule has 1 atom stereocenters. The summed E-state index contributed by atoms with van der Waals surface area (Å²) in [7, 11) is 0. The van der Waals surface area contributed by atoms with Crippen molar-refractivity contribution < 1.29 is 9.32 Å². The van der Waals surface area contributed by atoms with E-state index in [0.717, 1.165) is 53.9 Å². The molecule has 1 aliphatic rings. The molecule has 1 amide bonds. The molecule has 11 nitrogen and oxygen atoms in total. The van der Waals surface area contributed by atoms with E-state index in [9.17, 15) is 4.79 Å². The second kappa shape index (κ2) is 9.48. The molecule has 4 aromatic rings. The monoisotopic (exact) mass is 487 g/mol. The predicted octanol–water partition coefficient (Wildman–Crippen LogP) is 4.19. The molecule has 0 fully saturated rings. The number of hydrogen-bond acceptors (Lipinski definition) is 9. The minimum atomic E-state index is -0.350. The number of amides is 1. The molecule has 0 saturated carbocycles. The molecule has 0 radical (unpaired) electrons. The van der Waals surface area contributed by atoms with E-state index >= 15 is 0 Å². The van der Waals surface area contributed by atoms with Gasteiger partial charge in [-0.05, 0) is 49.4 Å². The maximum atomic E-state index is 12.9. The maximum Gasteiger partial charge on any atom is 0.293 e. The molecular weight excluding hydrogens is 458 g/mol. The van der Waals surface area contributed by atoms with E-state index in [1.807, 2.05) is 40.0 Å². The van der Waals surface area contributed by atoms with E-state index in [1.165, 1.54) is 0 Å². The fraction of sp³-hybridized carbons (Fsp3) is 0.400. The first kappa shape index (κ1) is 23.6. The third-order valence-corrected chi connectivity index (χ3v) is 6.16. The summed E-state index contributed by atoms with van der Waals surface area (Å²) in [4.78, 5) is 30.8. The Morgan fingerprint density at radius 1 is 1.14 bits per heavy atom. The van der Waals surface area contributed by atoms with Crippen LogP contribution in [0.3, 0.4) is 0 Å². The van der Waals surface area contributed by atoms with E-state index in [-0.39, 0.29) is 23.2 Å². The lowest BCUT2D eigenvalue weighted by molar-refractivity contribution is 0.0921. The number of anilines is 2. The van der Waals surface area contributed by atoms with Gasteiger partial charge in [0.25, 0.3) is 11.7 Å². The average Bonchev–Trinajstić information content (AvgIpc) is 3.46. The van der Waals surface area contributed by atoms with Gasteiger partial charge < -0.3 is 15.2 Å². The molecule has 1 aliphatic carbocycles. The lowest BCUT2D eigenvalue weighted by atomic mass is 9.97. The van der Waals surface area contributed by atoms with Crippen molar-refractivity contribution in [1.82, 2.24) is 40.6 Å².